The van der Waals surface area contributed by atoms with Crippen LogP contribution in [-0.2, 0) is 39.9 Å². The summed E-state index contributed by atoms with van der Waals surface area (Å²) in [7, 11) is -1.89. The minimum absolute atomic E-state index is 0.00566. The molecule has 2 rings (SSSR count). The lowest BCUT2D eigenvalue weighted by Crippen LogP contribution is -2.03. The van der Waals surface area contributed by atoms with Gasteiger partial charge in [0.05, 0.1) is 31.2 Å². The first-order valence-corrected chi connectivity index (χ1v) is 11.4. The molecule has 0 radical (unpaired) electrons. The zero-order chi connectivity index (χ0) is 22.9. The number of nitrogens with zero attached hydrogens (tertiary/aromatic N) is 2. The second-order valence-electron chi connectivity index (χ2n) is 6.72. The first-order chi connectivity index (χ1) is 14.1. The van der Waals surface area contributed by atoms with E-state index in [1.807, 2.05) is 6.92 Å². The van der Waals surface area contributed by atoms with E-state index in [-0.39, 0.29) is 31.1 Å². The number of aliphatic hydroxyl groups is 1. The second kappa shape index (κ2) is 12.0. The number of hydrogen-bond acceptors (Lipinski definition) is 8. The smallest absolute Gasteiger partial charge is 0.325 e. The average Bonchev–Trinajstić information content (AvgIpc) is 2.69. The Balaban J connectivity index is 0.000000311. The molecule has 0 saturated heterocycles. The molecule has 0 aliphatic rings. The second-order valence-corrected chi connectivity index (χ2v) is 8.59. The first kappa shape index (κ1) is 26.0. The lowest BCUT2D eigenvalue weighted by Gasteiger charge is -2.12. The van der Waals surface area contributed by atoms with Crippen molar-refractivity contribution in [3.8, 4) is 11.5 Å². The Kier molecular flexibility index (Phi) is 10.4. The summed E-state index contributed by atoms with van der Waals surface area (Å²) in [6, 6.07) is 0. The largest absolute Gasteiger partial charge is 0.506 e. The quantitative estimate of drug-likeness (QED) is 0.454. The number of pyridine rings is 2. The summed E-state index contributed by atoms with van der Waals surface area (Å²) in [6.07, 6.45) is 4.36. The SMILES string of the molecule is CCc1cnc(C)c(O)c1COC.Cc1ncc(CO)c(CCOP(C)(=O)O)c1O. The summed E-state index contributed by atoms with van der Waals surface area (Å²) in [5.41, 5.74) is 3.99. The van der Waals surface area contributed by atoms with Crippen molar-refractivity contribution in [1.82, 2.24) is 9.97 Å². The van der Waals surface area contributed by atoms with Gasteiger partial charge >= 0.3 is 7.60 Å². The lowest BCUT2D eigenvalue weighted by atomic mass is 10.1. The van der Waals surface area contributed by atoms with Gasteiger partial charge in [0.2, 0.25) is 0 Å². The number of aryl methyl sites for hydroxylation is 3. The fourth-order valence-corrected chi connectivity index (χ4v) is 3.14. The molecule has 168 valence electrons. The van der Waals surface area contributed by atoms with E-state index in [9.17, 15) is 14.8 Å². The van der Waals surface area contributed by atoms with Crippen molar-refractivity contribution in [2.24, 2.45) is 0 Å². The minimum atomic E-state index is -3.51. The van der Waals surface area contributed by atoms with Crippen molar-refractivity contribution >= 4 is 7.60 Å². The van der Waals surface area contributed by atoms with Crippen molar-refractivity contribution in [1.29, 1.82) is 0 Å². The average molecular weight is 442 g/mol. The molecule has 0 amide bonds. The molecule has 1 atom stereocenters. The van der Waals surface area contributed by atoms with Gasteiger partial charge in [0.15, 0.2) is 0 Å². The molecule has 0 aromatic carbocycles. The van der Waals surface area contributed by atoms with Crippen molar-refractivity contribution in [3.05, 3.63) is 46.0 Å². The van der Waals surface area contributed by atoms with Crippen molar-refractivity contribution in [2.45, 2.75) is 46.8 Å². The standard InChI is InChI=1S/C10H16NO5P.C10H15NO2/c1-7-10(13)9(8(6-12)5-11-7)3-4-16-17(2,14)15;1-4-8-5-11-7(2)10(12)9(8)6-13-3/h5,12-13H,3-4,6H2,1-2H3,(H,14,15);5,12H,4,6H2,1-3H3. The number of rotatable bonds is 8. The maximum absolute atomic E-state index is 10.9. The molecular formula is C20H31N2O7P. The molecule has 0 saturated carbocycles. The highest BCUT2D eigenvalue weighted by Crippen LogP contribution is 2.37. The van der Waals surface area contributed by atoms with Gasteiger partial charge in [0, 0.05) is 49.3 Å². The number of hydrogen-bond donors (Lipinski definition) is 4. The zero-order valence-electron chi connectivity index (χ0n) is 18.0. The Bertz CT molecular complexity index is 884. The zero-order valence-corrected chi connectivity index (χ0v) is 18.9. The normalized spacial score (nSPS) is 12.8. The first-order valence-electron chi connectivity index (χ1n) is 9.42. The van der Waals surface area contributed by atoms with Crippen molar-refractivity contribution < 1.29 is 34.0 Å². The van der Waals surface area contributed by atoms with E-state index in [1.54, 1.807) is 27.2 Å². The van der Waals surface area contributed by atoms with Crippen LogP contribution in [0.4, 0.5) is 0 Å². The molecular weight excluding hydrogens is 411 g/mol. The summed E-state index contributed by atoms with van der Waals surface area (Å²) in [6.45, 7) is 6.74. The maximum Gasteiger partial charge on any atom is 0.325 e. The molecule has 0 fully saturated rings. The molecule has 10 heteroatoms. The van der Waals surface area contributed by atoms with Crippen molar-refractivity contribution in [3.63, 3.8) is 0 Å². The van der Waals surface area contributed by atoms with Gasteiger partial charge in [0.1, 0.15) is 11.5 Å². The van der Waals surface area contributed by atoms with Crippen LogP contribution in [0.2, 0.25) is 0 Å². The molecule has 2 heterocycles. The molecule has 0 bridgehead atoms. The Morgan fingerprint density at radius 1 is 1.03 bits per heavy atom. The van der Waals surface area contributed by atoms with Crippen LogP contribution < -0.4 is 0 Å². The predicted octanol–water partition coefficient (Wildman–Crippen LogP) is 2.77. The van der Waals surface area contributed by atoms with Gasteiger partial charge in [-0.2, -0.15) is 0 Å². The lowest BCUT2D eigenvalue weighted by molar-refractivity contribution is 0.181. The van der Waals surface area contributed by atoms with Gasteiger partial charge in [-0.25, -0.2) is 0 Å². The summed E-state index contributed by atoms with van der Waals surface area (Å²) >= 11 is 0. The molecule has 2 aromatic rings. The molecule has 4 N–H and O–H groups in total. The van der Waals surface area contributed by atoms with E-state index >= 15 is 0 Å². The minimum Gasteiger partial charge on any atom is -0.506 e. The molecule has 2 aromatic heterocycles. The van der Waals surface area contributed by atoms with E-state index in [2.05, 4.69) is 9.97 Å². The van der Waals surface area contributed by atoms with Crippen LogP contribution >= 0.6 is 7.60 Å². The van der Waals surface area contributed by atoms with Crippen LogP contribution in [0.25, 0.3) is 0 Å². The van der Waals surface area contributed by atoms with Crippen LogP contribution in [0.1, 0.15) is 40.6 Å². The third-order valence-corrected chi connectivity index (χ3v) is 5.04. The molecule has 1 unspecified atom stereocenters. The molecule has 0 spiro atoms. The number of aromatic hydroxyl groups is 2. The fraction of sp³-hybridized carbons (Fsp3) is 0.500. The topological polar surface area (TPSA) is 142 Å². The monoisotopic (exact) mass is 442 g/mol. The van der Waals surface area contributed by atoms with Gasteiger partial charge in [-0.05, 0) is 25.8 Å². The van der Waals surface area contributed by atoms with Gasteiger partial charge in [-0.3, -0.25) is 14.5 Å². The fourth-order valence-electron chi connectivity index (χ4n) is 2.71. The van der Waals surface area contributed by atoms with E-state index in [0.29, 0.717) is 29.1 Å². The van der Waals surface area contributed by atoms with Crippen LogP contribution in [0, 0.1) is 13.8 Å². The summed E-state index contributed by atoms with van der Waals surface area (Å²) in [5.74, 6) is 0.255. The Morgan fingerprint density at radius 2 is 1.57 bits per heavy atom. The molecule has 9 nitrogen and oxygen atoms in total. The molecule has 30 heavy (non-hydrogen) atoms. The summed E-state index contributed by atoms with van der Waals surface area (Å²) in [4.78, 5) is 17.0. The predicted molar refractivity (Wildman–Crippen MR) is 113 cm³/mol. The van der Waals surface area contributed by atoms with E-state index < -0.39 is 7.60 Å². The Morgan fingerprint density at radius 3 is 2.03 bits per heavy atom. The van der Waals surface area contributed by atoms with Gasteiger partial charge < -0.3 is 29.5 Å². The third-order valence-electron chi connectivity index (χ3n) is 4.38. The number of aromatic nitrogens is 2. The third kappa shape index (κ3) is 7.66. The highest BCUT2D eigenvalue weighted by atomic mass is 31.2. The van der Waals surface area contributed by atoms with E-state index in [1.165, 1.54) is 6.20 Å². The molecule has 0 aliphatic heterocycles. The van der Waals surface area contributed by atoms with Crippen molar-refractivity contribution in [2.75, 3.05) is 20.4 Å². The highest BCUT2D eigenvalue weighted by Gasteiger charge is 2.14. The number of ether oxygens (including phenoxy) is 1. The Hall–Kier alpha value is -2.03. The molecule has 0 aliphatic carbocycles. The van der Waals surface area contributed by atoms with E-state index in [0.717, 1.165) is 24.2 Å². The Labute approximate surface area is 176 Å². The summed E-state index contributed by atoms with van der Waals surface area (Å²) in [5, 5.41) is 28.6. The maximum atomic E-state index is 10.9. The van der Waals surface area contributed by atoms with Crippen LogP contribution in [-0.4, -0.2) is 50.6 Å². The van der Waals surface area contributed by atoms with Crippen LogP contribution in [0.3, 0.4) is 0 Å². The van der Waals surface area contributed by atoms with Gasteiger partial charge in [-0.1, -0.05) is 6.92 Å². The van der Waals surface area contributed by atoms with Gasteiger partial charge in [-0.15, -0.1) is 0 Å². The van der Waals surface area contributed by atoms with Gasteiger partial charge in [0.25, 0.3) is 0 Å². The van der Waals surface area contributed by atoms with E-state index in [4.69, 9.17) is 19.3 Å². The van der Waals surface area contributed by atoms with Crippen LogP contribution in [0.15, 0.2) is 12.4 Å². The highest BCUT2D eigenvalue weighted by molar-refractivity contribution is 7.51. The number of aliphatic hydroxyl groups excluding tert-OH is 1. The number of methoxy groups -OCH3 is 1. The summed E-state index contributed by atoms with van der Waals surface area (Å²) < 4.78 is 20.7. The van der Waals surface area contributed by atoms with Crippen LogP contribution in [0.5, 0.6) is 11.5 Å².